The summed E-state index contributed by atoms with van der Waals surface area (Å²) in [6.45, 7) is 6.14. The molecule has 0 saturated carbocycles. The number of anilines is 1. The number of carbonyl (C=O) groups is 1. The molecule has 7 nitrogen and oxygen atoms in total. The third-order valence-electron chi connectivity index (χ3n) is 4.81. The zero-order valence-electron chi connectivity index (χ0n) is 16.2. The molecule has 8 heteroatoms. The average Bonchev–Trinajstić information content (AvgIpc) is 2.73. The van der Waals surface area contributed by atoms with E-state index in [2.05, 4.69) is 41.0 Å². The van der Waals surface area contributed by atoms with Gasteiger partial charge in [-0.3, -0.25) is 4.90 Å². The summed E-state index contributed by atoms with van der Waals surface area (Å²) >= 11 is 3.42. The second-order valence-corrected chi connectivity index (χ2v) is 7.86. The van der Waals surface area contributed by atoms with Gasteiger partial charge in [0.1, 0.15) is 0 Å². The number of halogens is 1. The number of carbonyl (C=O) groups excluding carboxylic acids is 1. The molecule has 1 aromatic heterocycles. The van der Waals surface area contributed by atoms with Crippen molar-refractivity contribution in [1.29, 1.82) is 0 Å². The van der Waals surface area contributed by atoms with E-state index in [1.165, 1.54) is 0 Å². The van der Waals surface area contributed by atoms with Crippen molar-refractivity contribution in [3.8, 4) is 0 Å². The lowest BCUT2D eigenvalue weighted by molar-refractivity contribution is 0.205. The summed E-state index contributed by atoms with van der Waals surface area (Å²) < 4.78 is 1.04. The standard InChI is InChI=1S/C20H27BrN6O/c1-25(16-17-4-6-18(21)7-5-17)20(28)24-10-3-11-26-12-14-27(15-13-26)19-22-8-2-9-23-19/h2,4-9H,3,10-16H2,1H3,(H,24,28). The summed E-state index contributed by atoms with van der Waals surface area (Å²) in [6.07, 6.45) is 4.51. The molecule has 28 heavy (non-hydrogen) atoms. The highest BCUT2D eigenvalue weighted by Crippen LogP contribution is 2.12. The van der Waals surface area contributed by atoms with Crippen LogP contribution in [0.1, 0.15) is 12.0 Å². The molecule has 0 unspecified atom stereocenters. The molecule has 1 saturated heterocycles. The van der Waals surface area contributed by atoms with Crippen molar-refractivity contribution in [3.63, 3.8) is 0 Å². The molecule has 1 fully saturated rings. The van der Waals surface area contributed by atoms with Crippen LogP contribution >= 0.6 is 15.9 Å². The van der Waals surface area contributed by atoms with E-state index in [4.69, 9.17) is 0 Å². The number of aromatic nitrogens is 2. The predicted molar refractivity (Wildman–Crippen MR) is 114 cm³/mol. The maximum atomic E-state index is 12.2. The van der Waals surface area contributed by atoms with Crippen molar-refractivity contribution in [3.05, 3.63) is 52.8 Å². The number of benzene rings is 1. The summed E-state index contributed by atoms with van der Waals surface area (Å²) in [4.78, 5) is 27.2. The smallest absolute Gasteiger partial charge is 0.317 e. The highest BCUT2D eigenvalue weighted by molar-refractivity contribution is 9.10. The lowest BCUT2D eigenvalue weighted by Crippen LogP contribution is -2.47. The van der Waals surface area contributed by atoms with E-state index in [9.17, 15) is 4.79 Å². The van der Waals surface area contributed by atoms with Gasteiger partial charge in [0.05, 0.1) is 0 Å². The molecule has 1 aliphatic heterocycles. The van der Waals surface area contributed by atoms with E-state index in [1.54, 1.807) is 17.3 Å². The highest BCUT2D eigenvalue weighted by atomic mass is 79.9. The van der Waals surface area contributed by atoms with E-state index in [1.807, 2.05) is 37.4 Å². The minimum absolute atomic E-state index is 0.0334. The first kappa shape index (κ1) is 20.5. The highest BCUT2D eigenvalue weighted by Gasteiger charge is 2.18. The minimum Gasteiger partial charge on any atom is -0.338 e. The van der Waals surface area contributed by atoms with Crippen LogP contribution in [0.15, 0.2) is 47.2 Å². The molecule has 1 aliphatic rings. The Bertz CT molecular complexity index is 734. The molecule has 2 heterocycles. The molecule has 3 rings (SSSR count). The number of nitrogens with zero attached hydrogens (tertiary/aromatic N) is 5. The Morgan fingerprint density at radius 3 is 2.50 bits per heavy atom. The quantitative estimate of drug-likeness (QED) is 0.662. The Kier molecular flexibility index (Phi) is 7.62. The van der Waals surface area contributed by atoms with Crippen molar-refractivity contribution in [2.75, 3.05) is 51.2 Å². The number of rotatable bonds is 7. The Morgan fingerprint density at radius 1 is 1.14 bits per heavy atom. The second-order valence-electron chi connectivity index (χ2n) is 6.95. The Morgan fingerprint density at radius 2 is 1.82 bits per heavy atom. The molecule has 0 atom stereocenters. The molecule has 2 amide bonds. The van der Waals surface area contributed by atoms with Gasteiger partial charge in [0, 0.05) is 63.2 Å². The molecule has 1 aromatic carbocycles. The normalized spacial score (nSPS) is 14.7. The van der Waals surface area contributed by atoms with Gasteiger partial charge in [-0.05, 0) is 36.7 Å². The van der Waals surface area contributed by atoms with Gasteiger partial charge < -0.3 is 15.1 Å². The monoisotopic (exact) mass is 446 g/mol. The van der Waals surface area contributed by atoms with Crippen LogP contribution in [0.4, 0.5) is 10.7 Å². The second kappa shape index (κ2) is 10.4. The molecule has 0 spiro atoms. The van der Waals surface area contributed by atoms with Gasteiger partial charge in [-0.25, -0.2) is 14.8 Å². The Labute approximate surface area is 174 Å². The van der Waals surface area contributed by atoms with E-state index in [0.717, 1.165) is 55.1 Å². The van der Waals surface area contributed by atoms with E-state index < -0.39 is 0 Å². The fourth-order valence-corrected chi connectivity index (χ4v) is 3.46. The van der Waals surface area contributed by atoms with Gasteiger partial charge in [-0.2, -0.15) is 0 Å². The topological polar surface area (TPSA) is 64.6 Å². The minimum atomic E-state index is -0.0334. The Hall–Kier alpha value is -2.19. The number of urea groups is 1. The van der Waals surface area contributed by atoms with Gasteiger partial charge >= 0.3 is 6.03 Å². The maximum Gasteiger partial charge on any atom is 0.317 e. The first-order valence-corrected chi connectivity index (χ1v) is 10.4. The summed E-state index contributed by atoms with van der Waals surface area (Å²) in [5.41, 5.74) is 1.11. The van der Waals surface area contributed by atoms with Crippen molar-refractivity contribution in [1.82, 2.24) is 25.1 Å². The predicted octanol–water partition coefficient (Wildman–Crippen LogP) is 2.59. The van der Waals surface area contributed by atoms with Gasteiger partial charge in [-0.15, -0.1) is 0 Å². The molecule has 0 radical (unpaired) electrons. The fraction of sp³-hybridized carbons (Fsp3) is 0.450. The van der Waals surface area contributed by atoms with E-state index >= 15 is 0 Å². The first-order valence-electron chi connectivity index (χ1n) is 9.59. The SMILES string of the molecule is CN(Cc1ccc(Br)cc1)C(=O)NCCCN1CCN(c2ncccn2)CC1. The third kappa shape index (κ3) is 6.17. The molecular formula is C20H27BrN6O. The third-order valence-corrected chi connectivity index (χ3v) is 5.34. The summed E-state index contributed by atoms with van der Waals surface area (Å²) in [5.74, 6) is 0.809. The van der Waals surface area contributed by atoms with Crippen molar-refractivity contribution in [2.45, 2.75) is 13.0 Å². The van der Waals surface area contributed by atoms with E-state index in [-0.39, 0.29) is 6.03 Å². The zero-order valence-corrected chi connectivity index (χ0v) is 17.8. The van der Waals surface area contributed by atoms with Crippen LogP contribution in [0.25, 0.3) is 0 Å². The summed E-state index contributed by atoms with van der Waals surface area (Å²) in [7, 11) is 1.82. The number of piperazine rings is 1. The molecule has 2 aromatic rings. The van der Waals surface area contributed by atoms with Gasteiger partial charge in [0.2, 0.25) is 5.95 Å². The molecule has 0 aliphatic carbocycles. The number of amides is 2. The summed E-state index contributed by atoms with van der Waals surface area (Å²) in [6, 6.07) is 9.83. The van der Waals surface area contributed by atoms with Crippen LogP contribution in [0.5, 0.6) is 0 Å². The largest absolute Gasteiger partial charge is 0.338 e. The van der Waals surface area contributed by atoms with Gasteiger partial charge in [0.15, 0.2) is 0 Å². The average molecular weight is 447 g/mol. The summed E-state index contributed by atoms with van der Waals surface area (Å²) in [5, 5.41) is 3.01. The molecule has 0 bridgehead atoms. The number of hydrogen-bond acceptors (Lipinski definition) is 5. The van der Waals surface area contributed by atoms with Crippen LogP contribution in [-0.2, 0) is 6.54 Å². The molecule has 150 valence electrons. The molecule has 1 N–H and O–H groups in total. The zero-order chi connectivity index (χ0) is 19.8. The lowest BCUT2D eigenvalue weighted by atomic mass is 10.2. The van der Waals surface area contributed by atoms with Crippen molar-refractivity contribution >= 4 is 27.9 Å². The van der Waals surface area contributed by atoms with Crippen molar-refractivity contribution in [2.24, 2.45) is 0 Å². The van der Waals surface area contributed by atoms with Crippen LogP contribution < -0.4 is 10.2 Å². The lowest BCUT2D eigenvalue weighted by Gasteiger charge is -2.34. The van der Waals surface area contributed by atoms with Crippen LogP contribution in [0.2, 0.25) is 0 Å². The van der Waals surface area contributed by atoms with Crippen LogP contribution in [0, 0.1) is 0 Å². The van der Waals surface area contributed by atoms with E-state index in [0.29, 0.717) is 13.1 Å². The maximum absolute atomic E-state index is 12.2. The van der Waals surface area contributed by atoms with Gasteiger partial charge in [0.25, 0.3) is 0 Å². The van der Waals surface area contributed by atoms with Crippen LogP contribution in [0.3, 0.4) is 0 Å². The molecular weight excluding hydrogens is 420 g/mol. The van der Waals surface area contributed by atoms with Gasteiger partial charge in [-0.1, -0.05) is 28.1 Å². The van der Waals surface area contributed by atoms with Crippen molar-refractivity contribution < 1.29 is 4.79 Å². The Balaban J connectivity index is 1.30. The van der Waals surface area contributed by atoms with Crippen LogP contribution in [-0.4, -0.2) is 72.1 Å². The first-order chi connectivity index (χ1) is 13.6. The fourth-order valence-electron chi connectivity index (χ4n) is 3.19. The number of nitrogens with one attached hydrogen (secondary N) is 1. The number of hydrogen-bond donors (Lipinski definition) is 1.